The summed E-state index contributed by atoms with van der Waals surface area (Å²) in [4.78, 5) is 49.9. The first-order chi connectivity index (χ1) is 16.3. The Balaban J connectivity index is 1.67. The highest BCUT2D eigenvalue weighted by atomic mass is 35.5. The lowest BCUT2D eigenvalue weighted by molar-refractivity contribution is -0.135. The molecule has 0 spiro atoms. The molecule has 0 unspecified atom stereocenters. The van der Waals surface area contributed by atoms with E-state index in [-0.39, 0.29) is 36.0 Å². The van der Waals surface area contributed by atoms with Gasteiger partial charge in [0.2, 0.25) is 11.9 Å². The van der Waals surface area contributed by atoms with Crippen LogP contribution >= 0.6 is 11.6 Å². The van der Waals surface area contributed by atoms with Crippen LogP contribution in [0.15, 0.2) is 52.2 Å². The standard InChI is InChI=1S/C24H27ClN6O3/c1-29(2)24-26-15-18(16-6-5-7-17(25)14-16)23(27-24)19-8-3-4-12-30(19)21(33)11-13-31-22(34)10-9-20(32)28-31/h5-7,9-10,14-15,19H,3-4,8,11-13H2,1-2H3,(H,28,32)/t19-/m0/s1. The van der Waals surface area contributed by atoms with Gasteiger partial charge in [0.25, 0.3) is 11.1 Å². The molecule has 1 N–H and O–H groups in total. The molecule has 4 rings (SSSR count). The Hall–Kier alpha value is -3.46. The van der Waals surface area contributed by atoms with Crippen LogP contribution in [0.1, 0.15) is 37.4 Å². The Kier molecular flexibility index (Phi) is 7.12. The third kappa shape index (κ3) is 5.20. The molecule has 34 heavy (non-hydrogen) atoms. The fourth-order valence-electron chi connectivity index (χ4n) is 4.23. The molecule has 0 saturated carbocycles. The van der Waals surface area contributed by atoms with Gasteiger partial charge in [0.1, 0.15) is 0 Å². The second kappa shape index (κ2) is 10.2. The van der Waals surface area contributed by atoms with Crippen molar-refractivity contribution in [3.05, 3.63) is 74.0 Å². The summed E-state index contributed by atoms with van der Waals surface area (Å²) in [5.41, 5.74) is 1.77. The number of anilines is 1. The molecular formula is C24H27ClN6O3. The summed E-state index contributed by atoms with van der Waals surface area (Å²) in [5.74, 6) is 0.468. The third-order valence-electron chi connectivity index (χ3n) is 5.92. The lowest BCUT2D eigenvalue weighted by Gasteiger charge is -2.36. The highest BCUT2D eigenvalue weighted by Crippen LogP contribution is 2.37. The van der Waals surface area contributed by atoms with Crippen LogP contribution in [0, 0.1) is 0 Å². The van der Waals surface area contributed by atoms with Crippen LogP contribution in [-0.2, 0) is 11.3 Å². The van der Waals surface area contributed by atoms with Crippen molar-refractivity contribution in [2.45, 2.75) is 38.3 Å². The van der Waals surface area contributed by atoms with Gasteiger partial charge in [-0.2, -0.15) is 0 Å². The van der Waals surface area contributed by atoms with Crippen molar-refractivity contribution in [2.24, 2.45) is 0 Å². The first-order valence-electron chi connectivity index (χ1n) is 11.2. The van der Waals surface area contributed by atoms with Crippen molar-refractivity contribution in [3.63, 3.8) is 0 Å². The Labute approximate surface area is 202 Å². The maximum absolute atomic E-state index is 13.3. The largest absolute Gasteiger partial charge is 0.347 e. The number of likely N-dealkylation sites (tertiary alicyclic amines) is 1. The predicted octanol–water partition coefficient (Wildman–Crippen LogP) is 2.86. The number of aromatic amines is 1. The van der Waals surface area contributed by atoms with E-state index >= 15 is 0 Å². The number of rotatable bonds is 6. The molecule has 0 bridgehead atoms. The monoisotopic (exact) mass is 482 g/mol. The minimum Gasteiger partial charge on any atom is -0.347 e. The van der Waals surface area contributed by atoms with Gasteiger partial charge in [-0.15, -0.1) is 0 Å². The van der Waals surface area contributed by atoms with Gasteiger partial charge in [0.05, 0.1) is 18.3 Å². The number of carbonyl (C=O) groups is 1. The number of H-pyrrole nitrogens is 1. The number of benzene rings is 1. The lowest BCUT2D eigenvalue weighted by atomic mass is 9.93. The van der Waals surface area contributed by atoms with Gasteiger partial charge in [0, 0.05) is 56.0 Å². The molecule has 1 aliphatic heterocycles. The van der Waals surface area contributed by atoms with Crippen molar-refractivity contribution in [3.8, 4) is 11.1 Å². The van der Waals surface area contributed by atoms with E-state index in [0.29, 0.717) is 17.5 Å². The molecule has 0 radical (unpaired) electrons. The fraction of sp³-hybridized carbons (Fsp3) is 0.375. The number of aromatic nitrogens is 4. The summed E-state index contributed by atoms with van der Waals surface area (Å²) in [5, 5.41) is 3.08. The first kappa shape index (κ1) is 23.7. The highest BCUT2D eigenvalue weighted by molar-refractivity contribution is 6.30. The van der Waals surface area contributed by atoms with Crippen molar-refractivity contribution in [1.82, 2.24) is 24.6 Å². The van der Waals surface area contributed by atoms with Gasteiger partial charge < -0.3 is 9.80 Å². The van der Waals surface area contributed by atoms with E-state index in [1.165, 1.54) is 16.8 Å². The second-order valence-electron chi connectivity index (χ2n) is 8.52. The average molecular weight is 483 g/mol. The molecule has 1 saturated heterocycles. The number of piperidine rings is 1. The fourth-order valence-corrected chi connectivity index (χ4v) is 4.42. The van der Waals surface area contributed by atoms with E-state index < -0.39 is 0 Å². The zero-order chi connectivity index (χ0) is 24.2. The number of amides is 1. The van der Waals surface area contributed by atoms with E-state index in [1.807, 2.05) is 48.2 Å². The third-order valence-corrected chi connectivity index (χ3v) is 6.15. The summed E-state index contributed by atoms with van der Waals surface area (Å²) in [7, 11) is 3.75. The van der Waals surface area contributed by atoms with Crippen molar-refractivity contribution in [2.75, 3.05) is 25.5 Å². The van der Waals surface area contributed by atoms with Gasteiger partial charge in [-0.1, -0.05) is 23.7 Å². The van der Waals surface area contributed by atoms with Crippen molar-refractivity contribution in [1.29, 1.82) is 0 Å². The van der Waals surface area contributed by atoms with Gasteiger partial charge in [0.15, 0.2) is 0 Å². The van der Waals surface area contributed by atoms with E-state index in [9.17, 15) is 14.4 Å². The molecule has 1 aromatic carbocycles. The molecule has 1 atom stereocenters. The van der Waals surface area contributed by atoms with Crippen LogP contribution < -0.4 is 16.0 Å². The van der Waals surface area contributed by atoms with Crippen molar-refractivity contribution < 1.29 is 4.79 Å². The maximum atomic E-state index is 13.3. The zero-order valence-electron chi connectivity index (χ0n) is 19.2. The summed E-state index contributed by atoms with van der Waals surface area (Å²) in [6.45, 7) is 0.699. The van der Waals surface area contributed by atoms with Gasteiger partial charge in [-0.3, -0.25) is 19.5 Å². The molecule has 0 aliphatic carbocycles. The van der Waals surface area contributed by atoms with Gasteiger partial charge in [-0.25, -0.2) is 14.6 Å². The molecule has 3 aromatic rings. The second-order valence-corrected chi connectivity index (χ2v) is 8.96. The number of hydrogen-bond acceptors (Lipinski definition) is 6. The molecule has 178 valence electrons. The molecular weight excluding hydrogens is 456 g/mol. The van der Waals surface area contributed by atoms with E-state index in [0.717, 1.165) is 36.1 Å². The molecule has 1 amide bonds. The first-order valence-corrected chi connectivity index (χ1v) is 11.6. The number of hydrogen-bond donors (Lipinski definition) is 1. The highest BCUT2D eigenvalue weighted by Gasteiger charge is 2.31. The maximum Gasteiger partial charge on any atom is 0.265 e. The van der Waals surface area contributed by atoms with Crippen LogP contribution in [0.3, 0.4) is 0 Å². The SMILES string of the molecule is CN(C)c1ncc(-c2cccc(Cl)c2)c([C@@H]2CCCCN2C(=O)CCn2[nH]c(=O)ccc2=O)n1. The van der Waals surface area contributed by atoms with E-state index in [2.05, 4.69) is 10.1 Å². The quantitative estimate of drug-likeness (QED) is 0.579. The Morgan fingerprint density at radius 3 is 2.79 bits per heavy atom. The van der Waals surface area contributed by atoms with Gasteiger partial charge >= 0.3 is 0 Å². The molecule has 3 heterocycles. The Morgan fingerprint density at radius 1 is 1.21 bits per heavy atom. The average Bonchev–Trinajstić information content (AvgIpc) is 2.84. The molecule has 2 aromatic heterocycles. The number of halogens is 1. The van der Waals surface area contributed by atoms with Crippen LogP contribution in [0.5, 0.6) is 0 Å². The Bertz CT molecular complexity index is 1300. The van der Waals surface area contributed by atoms with Crippen LogP contribution in [0.2, 0.25) is 5.02 Å². The minimum atomic E-state index is -0.383. The summed E-state index contributed by atoms with van der Waals surface area (Å²) < 4.78 is 1.17. The van der Waals surface area contributed by atoms with Crippen molar-refractivity contribution >= 4 is 23.5 Å². The number of aryl methyl sites for hydroxylation is 1. The van der Waals surface area contributed by atoms with E-state index in [1.54, 1.807) is 6.20 Å². The summed E-state index contributed by atoms with van der Waals surface area (Å²) in [6, 6.07) is 9.66. The number of nitrogens with zero attached hydrogens (tertiary/aromatic N) is 5. The van der Waals surface area contributed by atoms with E-state index in [4.69, 9.17) is 16.6 Å². The van der Waals surface area contributed by atoms with Gasteiger partial charge in [-0.05, 0) is 37.0 Å². The van der Waals surface area contributed by atoms with Crippen LogP contribution in [0.25, 0.3) is 11.1 Å². The topological polar surface area (TPSA) is 104 Å². The summed E-state index contributed by atoms with van der Waals surface area (Å²) in [6.07, 6.45) is 4.51. The number of carbonyl (C=O) groups excluding carboxylic acids is 1. The normalized spacial score (nSPS) is 15.9. The van der Waals surface area contributed by atoms with Crippen LogP contribution in [-0.4, -0.2) is 51.2 Å². The Morgan fingerprint density at radius 2 is 2.03 bits per heavy atom. The zero-order valence-corrected chi connectivity index (χ0v) is 20.0. The predicted molar refractivity (Wildman–Crippen MR) is 131 cm³/mol. The molecule has 9 nitrogen and oxygen atoms in total. The number of nitrogens with one attached hydrogen (secondary N) is 1. The summed E-state index contributed by atoms with van der Waals surface area (Å²) >= 11 is 6.25. The lowest BCUT2D eigenvalue weighted by Crippen LogP contribution is -2.40. The molecule has 1 aliphatic rings. The molecule has 1 fully saturated rings. The molecule has 10 heteroatoms. The smallest absolute Gasteiger partial charge is 0.265 e. The minimum absolute atomic E-state index is 0.0917. The van der Waals surface area contributed by atoms with Crippen LogP contribution in [0.4, 0.5) is 5.95 Å².